The first-order valence-corrected chi connectivity index (χ1v) is 10.3. The zero-order valence-electron chi connectivity index (χ0n) is 17.1. The number of hydrogen-bond acceptors (Lipinski definition) is 7. The third-order valence-corrected chi connectivity index (χ3v) is 5.93. The number of anilines is 2. The fourth-order valence-electron chi connectivity index (χ4n) is 3.60. The normalized spacial score (nSPS) is 16.6. The highest BCUT2D eigenvalue weighted by molar-refractivity contribution is 6.35. The lowest BCUT2D eigenvalue weighted by atomic mass is 9.87. The second-order valence-corrected chi connectivity index (χ2v) is 8.08. The number of carbonyl (C=O) groups is 1. The number of alkyl halides is 3. The van der Waals surface area contributed by atoms with E-state index in [1.807, 2.05) is 4.90 Å². The first-order valence-electron chi connectivity index (χ1n) is 9.94. The van der Waals surface area contributed by atoms with E-state index < -0.39 is 29.2 Å². The number of aliphatic hydroxyl groups is 1. The molecule has 1 aliphatic rings. The van der Waals surface area contributed by atoms with E-state index in [1.165, 1.54) is 18.5 Å². The van der Waals surface area contributed by atoms with Crippen LogP contribution in [0.15, 0.2) is 30.6 Å². The summed E-state index contributed by atoms with van der Waals surface area (Å²) in [4.78, 5) is 22.8. The van der Waals surface area contributed by atoms with E-state index >= 15 is 0 Å². The van der Waals surface area contributed by atoms with Crippen molar-refractivity contribution in [2.75, 3.05) is 30.3 Å². The Morgan fingerprint density at radius 1 is 1.24 bits per heavy atom. The number of nitrogens with zero attached hydrogens (tertiary/aromatic N) is 3. The van der Waals surface area contributed by atoms with Gasteiger partial charge in [-0.3, -0.25) is 4.79 Å². The zero-order chi connectivity index (χ0) is 23.5. The van der Waals surface area contributed by atoms with Gasteiger partial charge in [0.25, 0.3) is 0 Å². The summed E-state index contributed by atoms with van der Waals surface area (Å²) < 4.78 is 38.5. The average Bonchev–Trinajstić information content (AvgIpc) is 2.75. The maximum absolute atomic E-state index is 13.0. The molecule has 3 rings (SSSR count). The summed E-state index contributed by atoms with van der Waals surface area (Å²) in [6.45, 7) is 0.529. The Hall–Kier alpha value is -2.63. The lowest BCUT2D eigenvalue weighted by Crippen LogP contribution is -2.60. The van der Waals surface area contributed by atoms with E-state index in [2.05, 4.69) is 15.3 Å². The molecular formula is C21H28ClF3N6O2. The highest BCUT2D eigenvalue weighted by atomic mass is 35.5. The number of nitrogen functional groups attached to an aromatic ring is 1. The van der Waals surface area contributed by atoms with E-state index in [1.54, 1.807) is 0 Å². The van der Waals surface area contributed by atoms with Crippen molar-refractivity contribution < 1.29 is 23.1 Å². The highest BCUT2D eigenvalue weighted by Crippen LogP contribution is 2.32. The number of rotatable bonds is 6. The van der Waals surface area contributed by atoms with Crippen molar-refractivity contribution in [3.05, 3.63) is 46.7 Å². The smallest absolute Gasteiger partial charge is 0.396 e. The Balaban J connectivity index is 0.00000385. The standard InChI is InChI=1S/C20H24ClF3N6O2.CH4/c21-15-16(25)27-11-28-17(15)30-8-6-19(26,7-9-30)18(32)29-14(5-10-31)12-1-3-13(4-2-12)20(22,23)24;/h1-4,11,14,31H,5-10,26H2,(H,29,32)(H2,25,27,28);1H4/t14-;/m0./s1. The van der Waals surface area contributed by atoms with E-state index in [4.69, 9.17) is 23.1 Å². The zero-order valence-corrected chi connectivity index (χ0v) is 17.8. The molecule has 182 valence electrons. The van der Waals surface area contributed by atoms with Crippen LogP contribution in [0, 0.1) is 0 Å². The molecule has 0 bridgehead atoms. The molecule has 1 aromatic heterocycles. The first kappa shape index (κ1) is 26.6. The Labute approximate surface area is 195 Å². The van der Waals surface area contributed by atoms with Crippen LogP contribution in [0.2, 0.25) is 5.02 Å². The van der Waals surface area contributed by atoms with Crippen LogP contribution in [0.5, 0.6) is 0 Å². The van der Waals surface area contributed by atoms with Gasteiger partial charge in [0.2, 0.25) is 5.91 Å². The predicted molar refractivity (Wildman–Crippen MR) is 121 cm³/mol. The van der Waals surface area contributed by atoms with Crippen molar-refractivity contribution in [3.63, 3.8) is 0 Å². The highest BCUT2D eigenvalue weighted by Gasteiger charge is 2.39. The van der Waals surface area contributed by atoms with Crippen molar-refractivity contribution in [3.8, 4) is 0 Å². The summed E-state index contributed by atoms with van der Waals surface area (Å²) in [6, 6.07) is 3.79. The summed E-state index contributed by atoms with van der Waals surface area (Å²) in [7, 11) is 0. The Kier molecular flexibility index (Phi) is 8.50. The Morgan fingerprint density at radius 3 is 2.39 bits per heavy atom. The molecule has 12 heteroatoms. The van der Waals surface area contributed by atoms with Gasteiger partial charge in [0.15, 0.2) is 5.82 Å². The van der Waals surface area contributed by atoms with Gasteiger partial charge in [0.1, 0.15) is 17.2 Å². The molecule has 6 N–H and O–H groups in total. The third kappa shape index (κ3) is 6.04. The Morgan fingerprint density at radius 2 is 1.85 bits per heavy atom. The van der Waals surface area contributed by atoms with Crippen LogP contribution in [-0.4, -0.2) is 46.2 Å². The molecule has 33 heavy (non-hydrogen) atoms. The Bertz CT molecular complexity index is 950. The number of aliphatic hydroxyl groups excluding tert-OH is 1. The van der Waals surface area contributed by atoms with Gasteiger partial charge < -0.3 is 26.8 Å². The van der Waals surface area contributed by atoms with Crippen molar-refractivity contribution in [1.29, 1.82) is 0 Å². The number of aromatic nitrogens is 2. The van der Waals surface area contributed by atoms with Crippen LogP contribution in [0.25, 0.3) is 0 Å². The number of amides is 1. The number of benzene rings is 1. The summed E-state index contributed by atoms with van der Waals surface area (Å²) in [5, 5.41) is 12.4. The lowest BCUT2D eigenvalue weighted by molar-refractivity contribution is -0.137. The minimum absolute atomic E-state index is 0. The topological polar surface area (TPSA) is 130 Å². The molecular weight excluding hydrogens is 461 g/mol. The van der Waals surface area contributed by atoms with Crippen LogP contribution in [0.3, 0.4) is 0 Å². The molecule has 1 amide bonds. The van der Waals surface area contributed by atoms with Crippen molar-refractivity contribution in [2.24, 2.45) is 5.73 Å². The van der Waals surface area contributed by atoms with Gasteiger partial charge in [0, 0.05) is 19.7 Å². The predicted octanol–water partition coefficient (Wildman–Crippen LogP) is 2.90. The summed E-state index contributed by atoms with van der Waals surface area (Å²) >= 11 is 6.17. The van der Waals surface area contributed by atoms with E-state index in [0.717, 1.165) is 12.1 Å². The average molecular weight is 489 g/mol. The van der Waals surface area contributed by atoms with E-state index in [9.17, 15) is 23.1 Å². The fourth-order valence-corrected chi connectivity index (χ4v) is 3.81. The van der Waals surface area contributed by atoms with Crippen molar-refractivity contribution >= 4 is 29.1 Å². The van der Waals surface area contributed by atoms with E-state index in [-0.39, 0.29) is 44.1 Å². The van der Waals surface area contributed by atoms with Crippen LogP contribution >= 0.6 is 11.6 Å². The van der Waals surface area contributed by atoms with E-state index in [0.29, 0.717) is 24.5 Å². The van der Waals surface area contributed by atoms with Gasteiger partial charge in [-0.05, 0) is 37.0 Å². The van der Waals surface area contributed by atoms with Crippen molar-refractivity contribution in [1.82, 2.24) is 15.3 Å². The van der Waals surface area contributed by atoms with Gasteiger partial charge in [-0.2, -0.15) is 13.2 Å². The molecule has 2 heterocycles. The molecule has 0 spiro atoms. The summed E-state index contributed by atoms with van der Waals surface area (Å²) in [5.41, 5.74) is 10.6. The second-order valence-electron chi connectivity index (χ2n) is 7.70. The monoisotopic (exact) mass is 488 g/mol. The molecule has 8 nitrogen and oxygen atoms in total. The van der Waals surface area contributed by atoms with Crippen LogP contribution in [0.1, 0.15) is 43.9 Å². The SMILES string of the molecule is C.Nc1ncnc(N2CCC(N)(C(=O)N[C@@H](CCO)c3ccc(C(F)(F)F)cc3)CC2)c1Cl. The fraction of sp³-hybridized carbons (Fsp3) is 0.476. The summed E-state index contributed by atoms with van der Waals surface area (Å²) in [5.74, 6) is 0.177. The van der Waals surface area contributed by atoms with Crippen LogP contribution < -0.4 is 21.7 Å². The number of nitrogens with two attached hydrogens (primary N) is 2. The molecule has 1 atom stereocenters. The largest absolute Gasteiger partial charge is 0.416 e. The molecule has 2 aromatic rings. The van der Waals surface area contributed by atoms with Gasteiger partial charge in [-0.15, -0.1) is 0 Å². The number of halogens is 4. The molecule has 1 fully saturated rings. The minimum atomic E-state index is -4.46. The number of nitrogens with one attached hydrogen (secondary N) is 1. The van der Waals surface area contributed by atoms with Gasteiger partial charge in [0.05, 0.1) is 17.1 Å². The van der Waals surface area contributed by atoms with Crippen LogP contribution in [0.4, 0.5) is 24.8 Å². The summed E-state index contributed by atoms with van der Waals surface area (Å²) in [6.07, 6.45) is -2.44. The van der Waals surface area contributed by atoms with Gasteiger partial charge >= 0.3 is 6.18 Å². The van der Waals surface area contributed by atoms with Gasteiger partial charge in [-0.25, -0.2) is 9.97 Å². The molecule has 1 aliphatic heterocycles. The number of piperidine rings is 1. The second kappa shape index (κ2) is 10.5. The molecule has 0 radical (unpaired) electrons. The third-order valence-electron chi connectivity index (χ3n) is 5.57. The first-order chi connectivity index (χ1) is 15.0. The molecule has 0 unspecified atom stereocenters. The maximum atomic E-state index is 13.0. The quantitative estimate of drug-likeness (QED) is 0.491. The maximum Gasteiger partial charge on any atom is 0.416 e. The lowest BCUT2D eigenvalue weighted by Gasteiger charge is -2.39. The molecule has 0 saturated carbocycles. The van der Waals surface area contributed by atoms with Crippen LogP contribution in [-0.2, 0) is 11.0 Å². The number of carbonyl (C=O) groups excluding carboxylic acids is 1. The van der Waals surface area contributed by atoms with Gasteiger partial charge in [-0.1, -0.05) is 31.2 Å². The van der Waals surface area contributed by atoms with Crippen molar-refractivity contribution in [2.45, 2.75) is 44.4 Å². The number of hydrogen-bond donors (Lipinski definition) is 4. The molecule has 0 aliphatic carbocycles. The molecule has 1 saturated heterocycles. The molecule has 1 aromatic carbocycles. The minimum Gasteiger partial charge on any atom is -0.396 e.